The fourth-order valence-corrected chi connectivity index (χ4v) is 4.93. The molecule has 1 N–H and O–H groups in total. The predicted molar refractivity (Wildman–Crippen MR) is 78.7 cm³/mol. The van der Waals surface area contributed by atoms with Gasteiger partial charge in [0.25, 0.3) is 0 Å². The molecule has 0 aromatic carbocycles. The van der Waals surface area contributed by atoms with Gasteiger partial charge in [0.2, 0.25) is 0 Å². The summed E-state index contributed by atoms with van der Waals surface area (Å²) in [6, 6.07) is 1.54. The zero-order valence-electron chi connectivity index (χ0n) is 11.8. The van der Waals surface area contributed by atoms with Gasteiger partial charge in [-0.15, -0.1) is 0 Å². The Kier molecular flexibility index (Phi) is 4.82. The van der Waals surface area contributed by atoms with Gasteiger partial charge in [-0.05, 0) is 36.3 Å². The van der Waals surface area contributed by atoms with Crippen molar-refractivity contribution in [2.45, 2.75) is 71.4 Å². The third-order valence-corrected chi connectivity index (χ3v) is 5.98. The fraction of sp³-hybridized carbons (Fsp3) is 1.00. The van der Waals surface area contributed by atoms with E-state index in [1.807, 2.05) is 0 Å². The Bertz CT molecular complexity index is 239. The molecule has 1 saturated carbocycles. The van der Waals surface area contributed by atoms with Crippen LogP contribution in [0.25, 0.3) is 0 Å². The highest BCUT2D eigenvalue weighted by atomic mass is 32.2. The summed E-state index contributed by atoms with van der Waals surface area (Å²) in [5.41, 5.74) is 0.504. The SMILES string of the molecule is CCC1CCCC(NC2CSCCC2(C)C)C1. The van der Waals surface area contributed by atoms with Gasteiger partial charge >= 0.3 is 0 Å². The molecule has 2 heteroatoms. The largest absolute Gasteiger partial charge is 0.310 e. The first kappa shape index (κ1) is 13.7. The maximum atomic E-state index is 3.99. The second-order valence-corrected chi connectivity index (χ2v) is 7.82. The van der Waals surface area contributed by atoms with Crippen LogP contribution < -0.4 is 5.32 Å². The van der Waals surface area contributed by atoms with Crippen molar-refractivity contribution in [2.24, 2.45) is 11.3 Å². The summed E-state index contributed by atoms with van der Waals surface area (Å²) in [7, 11) is 0. The van der Waals surface area contributed by atoms with Gasteiger partial charge in [0.15, 0.2) is 0 Å². The van der Waals surface area contributed by atoms with Crippen molar-refractivity contribution in [3.8, 4) is 0 Å². The molecule has 1 aliphatic carbocycles. The van der Waals surface area contributed by atoms with Gasteiger partial charge in [-0.1, -0.05) is 40.0 Å². The van der Waals surface area contributed by atoms with Crippen LogP contribution in [-0.4, -0.2) is 23.6 Å². The standard InChI is InChI=1S/C15H29NS/c1-4-12-6-5-7-13(10-12)16-14-11-17-9-8-15(14,2)3/h12-14,16H,4-11H2,1-3H3. The molecule has 2 fully saturated rings. The molecule has 0 radical (unpaired) electrons. The molecule has 0 bridgehead atoms. The van der Waals surface area contributed by atoms with Gasteiger partial charge in [0, 0.05) is 17.8 Å². The van der Waals surface area contributed by atoms with E-state index in [0.29, 0.717) is 5.41 Å². The van der Waals surface area contributed by atoms with Crippen molar-refractivity contribution in [3.63, 3.8) is 0 Å². The van der Waals surface area contributed by atoms with Crippen LogP contribution in [0.5, 0.6) is 0 Å². The Morgan fingerprint density at radius 3 is 2.82 bits per heavy atom. The molecule has 0 aromatic heterocycles. The van der Waals surface area contributed by atoms with E-state index in [-0.39, 0.29) is 0 Å². The molecule has 1 saturated heterocycles. The van der Waals surface area contributed by atoms with Crippen LogP contribution in [-0.2, 0) is 0 Å². The lowest BCUT2D eigenvalue weighted by Crippen LogP contribution is -2.51. The lowest BCUT2D eigenvalue weighted by molar-refractivity contribution is 0.191. The van der Waals surface area contributed by atoms with Crippen LogP contribution in [0.1, 0.15) is 59.3 Å². The summed E-state index contributed by atoms with van der Waals surface area (Å²) in [5.74, 6) is 3.66. The molecule has 1 aliphatic heterocycles. The van der Waals surface area contributed by atoms with Crippen molar-refractivity contribution < 1.29 is 0 Å². The molecule has 3 atom stereocenters. The second kappa shape index (κ2) is 5.97. The minimum atomic E-state index is 0.504. The number of rotatable bonds is 3. The Labute approximate surface area is 112 Å². The van der Waals surface area contributed by atoms with Gasteiger partial charge in [0.1, 0.15) is 0 Å². The molecular weight excluding hydrogens is 226 g/mol. The molecular formula is C15H29NS. The summed E-state index contributed by atoms with van der Waals surface area (Å²) in [5, 5.41) is 3.99. The summed E-state index contributed by atoms with van der Waals surface area (Å²) >= 11 is 2.14. The second-order valence-electron chi connectivity index (χ2n) is 6.67. The van der Waals surface area contributed by atoms with Crippen LogP contribution in [0.15, 0.2) is 0 Å². The quantitative estimate of drug-likeness (QED) is 0.815. The maximum Gasteiger partial charge on any atom is 0.0212 e. The summed E-state index contributed by atoms with van der Waals surface area (Å²) < 4.78 is 0. The highest BCUT2D eigenvalue weighted by Gasteiger charge is 2.34. The first-order valence-corrected chi connectivity index (χ1v) is 8.61. The molecule has 1 nitrogen and oxygen atoms in total. The number of thioether (sulfide) groups is 1. The third-order valence-electron chi connectivity index (χ3n) is 4.92. The van der Waals surface area contributed by atoms with Crippen LogP contribution >= 0.6 is 11.8 Å². The van der Waals surface area contributed by atoms with Crippen molar-refractivity contribution in [2.75, 3.05) is 11.5 Å². The van der Waals surface area contributed by atoms with Crippen molar-refractivity contribution in [1.82, 2.24) is 5.32 Å². The average molecular weight is 255 g/mol. The van der Waals surface area contributed by atoms with Crippen molar-refractivity contribution in [1.29, 1.82) is 0 Å². The smallest absolute Gasteiger partial charge is 0.0212 e. The predicted octanol–water partition coefficient (Wildman–Crippen LogP) is 4.08. The molecule has 1 heterocycles. The van der Waals surface area contributed by atoms with E-state index in [2.05, 4.69) is 37.8 Å². The minimum absolute atomic E-state index is 0.504. The van der Waals surface area contributed by atoms with E-state index >= 15 is 0 Å². The Morgan fingerprint density at radius 2 is 2.12 bits per heavy atom. The maximum absolute atomic E-state index is 3.99. The van der Waals surface area contributed by atoms with E-state index in [1.165, 1.54) is 50.0 Å². The van der Waals surface area contributed by atoms with E-state index in [4.69, 9.17) is 0 Å². The van der Waals surface area contributed by atoms with Gasteiger partial charge in [-0.2, -0.15) is 11.8 Å². The fourth-order valence-electron chi connectivity index (χ4n) is 3.31. The van der Waals surface area contributed by atoms with Crippen molar-refractivity contribution >= 4 is 11.8 Å². The number of hydrogen-bond acceptors (Lipinski definition) is 2. The number of nitrogens with one attached hydrogen (secondary N) is 1. The third kappa shape index (κ3) is 3.64. The number of hydrogen-bond donors (Lipinski definition) is 1. The van der Waals surface area contributed by atoms with Crippen LogP contribution in [0.3, 0.4) is 0 Å². The van der Waals surface area contributed by atoms with E-state index in [1.54, 1.807) is 0 Å². The first-order valence-electron chi connectivity index (χ1n) is 7.45. The van der Waals surface area contributed by atoms with Crippen LogP contribution in [0.4, 0.5) is 0 Å². The Hall–Kier alpha value is 0.310. The summed E-state index contributed by atoms with van der Waals surface area (Å²) in [6.45, 7) is 7.25. The molecule has 0 spiro atoms. The highest BCUT2D eigenvalue weighted by molar-refractivity contribution is 7.99. The molecule has 3 unspecified atom stereocenters. The summed E-state index contributed by atoms with van der Waals surface area (Å²) in [6.07, 6.45) is 8.50. The zero-order chi connectivity index (χ0) is 12.3. The van der Waals surface area contributed by atoms with E-state index in [0.717, 1.165) is 18.0 Å². The molecule has 2 rings (SSSR count). The van der Waals surface area contributed by atoms with Crippen molar-refractivity contribution in [3.05, 3.63) is 0 Å². The van der Waals surface area contributed by atoms with E-state index < -0.39 is 0 Å². The van der Waals surface area contributed by atoms with Gasteiger partial charge < -0.3 is 5.32 Å². The molecule has 2 aliphatic rings. The van der Waals surface area contributed by atoms with Gasteiger partial charge in [0.05, 0.1) is 0 Å². The zero-order valence-corrected chi connectivity index (χ0v) is 12.6. The monoisotopic (exact) mass is 255 g/mol. The van der Waals surface area contributed by atoms with Crippen LogP contribution in [0, 0.1) is 11.3 Å². The molecule has 0 aromatic rings. The minimum Gasteiger partial charge on any atom is -0.310 e. The van der Waals surface area contributed by atoms with E-state index in [9.17, 15) is 0 Å². The Morgan fingerprint density at radius 1 is 1.29 bits per heavy atom. The topological polar surface area (TPSA) is 12.0 Å². The molecule has 100 valence electrons. The summed E-state index contributed by atoms with van der Waals surface area (Å²) in [4.78, 5) is 0. The lowest BCUT2D eigenvalue weighted by atomic mass is 9.79. The average Bonchev–Trinajstić information content (AvgIpc) is 2.32. The van der Waals surface area contributed by atoms with Crippen LogP contribution in [0.2, 0.25) is 0 Å². The first-order chi connectivity index (χ1) is 8.12. The highest BCUT2D eigenvalue weighted by Crippen LogP contribution is 2.36. The lowest BCUT2D eigenvalue weighted by Gasteiger charge is -2.42. The molecule has 0 amide bonds. The van der Waals surface area contributed by atoms with Gasteiger partial charge in [-0.25, -0.2) is 0 Å². The molecule has 17 heavy (non-hydrogen) atoms. The Balaban J connectivity index is 1.86. The normalized spacial score (nSPS) is 37.9. The van der Waals surface area contributed by atoms with Gasteiger partial charge in [-0.3, -0.25) is 0 Å².